The van der Waals surface area contributed by atoms with Crippen molar-refractivity contribution in [1.82, 2.24) is 9.29 Å². The second-order valence-electron chi connectivity index (χ2n) is 6.34. The lowest BCUT2D eigenvalue weighted by Crippen LogP contribution is -2.40. The highest BCUT2D eigenvalue weighted by Crippen LogP contribution is 2.32. The fourth-order valence-electron chi connectivity index (χ4n) is 2.97. The number of morpholine rings is 1. The van der Waals surface area contributed by atoms with E-state index in [-0.39, 0.29) is 29.6 Å². The third-order valence-electron chi connectivity index (χ3n) is 4.47. The normalized spacial score (nSPS) is 15.1. The number of amides is 1. The predicted molar refractivity (Wildman–Crippen MR) is 116 cm³/mol. The van der Waals surface area contributed by atoms with Crippen LogP contribution in [0.5, 0.6) is 5.75 Å². The van der Waals surface area contributed by atoms with Gasteiger partial charge in [0, 0.05) is 18.8 Å². The van der Waals surface area contributed by atoms with Crippen molar-refractivity contribution < 1.29 is 22.7 Å². The number of carbonyl (C=O) groups excluding carboxylic acids is 1. The molecule has 0 atom stereocenters. The molecule has 11 heteroatoms. The number of benzene rings is 1. The first kappa shape index (κ1) is 20.9. The monoisotopic (exact) mass is 465 g/mol. The molecular weight excluding hydrogens is 446 g/mol. The van der Waals surface area contributed by atoms with Crippen molar-refractivity contribution >= 4 is 44.3 Å². The molecule has 30 heavy (non-hydrogen) atoms. The molecule has 3 heterocycles. The van der Waals surface area contributed by atoms with Gasteiger partial charge < -0.3 is 14.8 Å². The molecule has 8 nitrogen and oxygen atoms in total. The number of nitrogens with one attached hydrogen (secondary N) is 1. The van der Waals surface area contributed by atoms with Crippen LogP contribution < -0.4 is 10.1 Å². The number of ether oxygens (including phenoxy) is 2. The van der Waals surface area contributed by atoms with E-state index in [1.807, 2.05) is 17.5 Å². The van der Waals surface area contributed by atoms with Gasteiger partial charge in [0.1, 0.15) is 20.5 Å². The van der Waals surface area contributed by atoms with E-state index in [4.69, 9.17) is 9.47 Å². The van der Waals surface area contributed by atoms with E-state index in [1.54, 1.807) is 17.4 Å². The van der Waals surface area contributed by atoms with Gasteiger partial charge in [-0.15, -0.1) is 22.7 Å². The number of sulfonamides is 1. The van der Waals surface area contributed by atoms with Crippen molar-refractivity contribution in [3.63, 3.8) is 0 Å². The van der Waals surface area contributed by atoms with Crippen LogP contribution in [0.4, 0.5) is 5.69 Å². The smallest absolute Gasteiger partial charge is 0.267 e. The summed E-state index contributed by atoms with van der Waals surface area (Å²) >= 11 is 2.83. The summed E-state index contributed by atoms with van der Waals surface area (Å²) in [7, 11) is -2.37. The van der Waals surface area contributed by atoms with Crippen molar-refractivity contribution in [2.75, 3.05) is 38.7 Å². The van der Waals surface area contributed by atoms with Crippen LogP contribution in [-0.2, 0) is 14.8 Å². The Kier molecular flexibility index (Phi) is 6.16. The number of rotatable bonds is 6. The van der Waals surface area contributed by atoms with Gasteiger partial charge in [-0.1, -0.05) is 6.07 Å². The van der Waals surface area contributed by atoms with Crippen molar-refractivity contribution in [1.29, 1.82) is 0 Å². The van der Waals surface area contributed by atoms with Gasteiger partial charge >= 0.3 is 0 Å². The fourth-order valence-corrected chi connectivity index (χ4v) is 6.17. The Morgan fingerprint density at radius 3 is 2.77 bits per heavy atom. The molecule has 1 fully saturated rings. The van der Waals surface area contributed by atoms with E-state index in [0.717, 1.165) is 9.88 Å². The second kappa shape index (κ2) is 8.82. The quantitative estimate of drug-likeness (QED) is 0.601. The number of hydrogen-bond donors (Lipinski definition) is 1. The van der Waals surface area contributed by atoms with Crippen molar-refractivity contribution in [2.45, 2.75) is 4.90 Å². The molecule has 3 aromatic rings. The molecule has 0 aliphatic carbocycles. The number of hydrogen-bond acceptors (Lipinski definition) is 8. The van der Waals surface area contributed by atoms with Crippen LogP contribution in [0.3, 0.4) is 0 Å². The maximum Gasteiger partial charge on any atom is 0.267 e. The molecule has 1 aliphatic heterocycles. The van der Waals surface area contributed by atoms with Gasteiger partial charge in [-0.3, -0.25) is 4.79 Å². The Balaban J connectivity index is 1.58. The molecule has 158 valence electrons. The molecule has 4 rings (SSSR count). The molecule has 1 aromatic carbocycles. The van der Waals surface area contributed by atoms with Gasteiger partial charge in [0.05, 0.1) is 31.4 Å². The van der Waals surface area contributed by atoms with E-state index in [1.165, 1.54) is 41.1 Å². The van der Waals surface area contributed by atoms with Gasteiger partial charge in [-0.2, -0.15) is 4.31 Å². The van der Waals surface area contributed by atoms with Crippen LogP contribution in [0, 0.1) is 0 Å². The SMILES string of the molecule is COc1ccc(NC(=O)c2cnc(-c3cccs3)s2)cc1S(=O)(=O)N1CCOCC1. The number of methoxy groups -OCH3 is 1. The highest BCUT2D eigenvalue weighted by atomic mass is 32.2. The summed E-state index contributed by atoms with van der Waals surface area (Å²) in [5, 5.41) is 5.47. The van der Waals surface area contributed by atoms with Crippen LogP contribution in [-0.4, -0.2) is 57.0 Å². The Hall–Kier alpha value is -2.31. The zero-order chi connectivity index (χ0) is 21.1. The van der Waals surface area contributed by atoms with Crippen LogP contribution in [0.15, 0.2) is 46.8 Å². The second-order valence-corrected chi connectivity index (χ2v) is 10.2. The molecule has 0 radical (unpaired) electrons. The maximum absolute atomic E-state index is 13.1. The minimum absolute atomic E-state index is 0.00767. The molecule has 0 bridgehead atoms. The Morgan fingerprint density at radius 1 is 1.27 bits per heavy atom. The third kappa shape index (κ3) is 4.25. The first-order valence-corrected chi connectivity index (χ1v) is 12.2. The topological polar surface area (TPSA) is 97.8 Å². The van der Waals surface area contributed by atoms with Crippen molar-refractivity contribution in [2.24, 2.45) is 0 Å². The van der Waals surface area contributed by atoms with E-state index in [9.17, 15) is 13.2 Å². The summed E-state index contributed by atoms with van der Waals surface area (Å²) < 4.78 is 38.0. The number of carbonyl (C=O) groups is 1. The molecule has 0 spiro atoms. The summed E-state index contributed by atoms with van der Waals surface area (Å²) in [5.74, 6) is -0.132. The molecule has 0 unspecified atom stereocenters. The summed E-state index contributed by atoms with van der Waals surface area (Å²) in [6.07, 6.45) is 1.52. The molecule has 2 aromatic heterocycles. The average Bonchev–Trinajstić information content (AvgIpc) is 3.46. The fraction of sp³-hybridized carbons (Fsp3) is 0.263. The Labute approximate surface area is 182 Å². The maximum atomic E-state index is 13.1. The first-order chi connectivity index (χ1) is 14.5. The van der Waals surface area contributed by atoms with Crippen LogP contribution in [0.25, 0.3) is 9.88 Å². The zero-order valence-electron chi connectivity index (χ0n) is 16.0. The van der Waals surface area contributed by atoms with Gasteiger partial charge in [-0.05, 0) is 29.6 Å². The molecule has 1 saturated heterocycles. The van der Waals surface area contributed by atoms with Crippen molar-refractivity contribution in [3.8, 4) is 15.6 Å². The van der Waals surface area contributed by atoms with Crippen LogP contribution >= 0.6 is 22.7 Å². The number of thiophene rings is 1. The largest absolute Gasteiger partial charge is 0.495 e. The van der Waals surface area contributed by atoms with Crippen molar-refractivity contribution in [3.05, 3.63) is 46.8 Å². The minimum Gasteiger partial charge on any atom is -0.495 e. The summed E-state index contributed by atoms with van der Waals surface area (Å²) in [6.45, 7) is 1.23. The lowest BCUT2D eigenvalue weighted by atomic mass is 10.3. The van der Waals surface area contributed by atoms with Crippen LogP contribution in [0.1, 0.15) is 9.67 Å². The summed E-state index contributed by atoms with van der Waals surface area (Å²) in [6, 6.07) is 8.43. The Bertz CT molecular complexity index is 1140. The lowest BCUT2D eigenvalue weighted by molar-refractivity contribution is 0.0729. The van der Waals surface area contributed by atoms with Crippen LogP contribution in [0.2, 0.25) is 0 Å². The molecule has 1 N–H and O–H groups in total. The highest BCUT2D eigenvalue weighted by Gasteiger charge is 2.29. The van der Waals surface area contributed by atoms with E-state index >= 15 is 0 Å². The molecule has 1 aliphatic rings. The molecular formula is C19H19N3O5S3. The van der Waals surface area contributed by atoms with E-state index < -0.39 is 10.0 Å². The standard InChI is InChI=1S/C19H19N3O5S3/c1-26-14-5-4-13(11-17(14)30(24,25)22-6-8-27-9-7-22)21-18(23)16-12-20-19(29-16)15-3-2-10-28-15/h2-5,10-12H,6-9H2,1H3,(H,21,23). The van der Waals surface area contributed by atoms with Gasteiger partial charge in [0.25, 0.3) is 5.91 Å². The first-order valence-electron chi connectivity index (χ1n) is 9.06. The molecule has 0 saturated carbocycles. The zero-order valence-corrected chi connectivity index (χ0v) is 18.5. The summed E-state index contributed by atoms with van der Waals surface area (Å²) in [4.78, 5) is 18.4. The predicted octanol–water partition coefficient (Wildman–Crippen LogP) is 3.15. The number of anilines is 1. The average molecular weight is 466 g/mol. The lowest BCUT2D eigenvalue weighted by Gasteiger charge is -2.26. The third-order valence-corrected chi connectivity index (χ3v) is 8.43. The van der Waals surface area contributed by atoms with Gasteiger partial charge in [0.2, 0.25) is 10.0 Å². The van der Waals surface area contributed by atoms with E-state index in [2.05, 4.69) is 10.3 Å². The Morgan fingerprint density at radius 2 is 2.07 bits per heavy atom. The highest BCUT2D eigenvalue weighted by molar-refractivity contribution is 7.89. The number of thiazole rings is 1. The molecule has 1 amide bonds. The minimum atomic E-state index is -3.78. The summed E-state index contributed by atoms with van der Waals surface area (Å²) in [5.41, 5.74) is 0.360. The van der Waals surface area contributed by atoms with Gasteiger partial charge in [-0.25, -0.2) is 13.4 Å². The number of nitrogens with zero attached hydrogens (tertiary/aromatic N) is 2. The number of aromatic nitrogens is 1. The van der Waals surface area contributed by atoms with Gasteiger partial charge in [0.15, 0.2) is 0 Å². The van der Waals surface area contributed by atoms with E-state index in [0.29, 0.717) is 23.8 Å².